The summed E-state index contributed by atoms with van der Waals surface area (Å²) in [6.07, 6.45) is 4.81. The largest absolute Gasteiger partial charge is 0.497 e. The van der Waals surface area contributed by atoms with E-state index in [2.05, 4.69) is 17.4 Å². The van der Waals surface area contributed by atoms with Crippen molar-refractivity contribution in [3.63, 3.8) is 0 Å². The molecule has 2 rings (SSSR count). The normalized spacial score (nSPS) is 18.2. The molecule has 0 spiro atoms. The molecule has 0 bridgehead atoms. The zero-order valence-corrected chi connectivity index (χ0v) is 10.4. The molecule has 1 saturated carbocycles. The van der Waals surface area contributed by atoms with Crippen molar-refractivity contribution in [2.45, 2.75) is 31.2 Å². The Morgan fingerprint density at radius 3 is 2.41 bits per heavy atom. The summed E-state index contributed by atoms with van der Waals surface area (Å²) < 4.78 is 5.19. The van der Waals surface area contributed by atoms with Crippen LogP contribution in [0.1, 0.15) is 31.2 Å². The van der Waals surface area contributed by atoms with Crippen LogP contribution in [0, 0.1) is 0 Å². The molecule has 1 fully saturated rings. The molecule has 0 saturated heterocycles. The lowest BCUT2D eigenvalue weighted by atomic mass is 9.88. The van der Waals surface area contributed by atoms with Gasteiger partial charge < -0.3 is 15.2 Å². The van der Waals surface area contributed by atoms with Crippen LogP contribution in [0.25, 0.3) is 0 Å². The summed E-state index contributed by atoms with van der Waals surface area (Å²) >= 11 is 0. The summed E-state index contributed by atoms with van der Waals surface area (Å²) in [5, 5.41) is 12.5. The van der Waals surface area contributed by atoms with Crippen LogP contribution >= 0.6 is 0 Å². The highest BCUT2D eigenvalue weighted by Crippen LogP contribution is 2.39. The number of benzene rings is 1. The van der Waals surface area contributed by atoms with Gasteiger partial charge in [-0.1, -0.05) is 25.0 Å². The maximum absolute atomic E-state index is 8.99. The summed E-state index contributed by atoms with van der Waals surface area (Å²) in [4.78, 5) is 0. The van der Waals surface area contributed by atoms with E-state index in [1.165, 1.54) is 18.4 Å². The molecule has 0 aliphatic heterocycles. The van der Waals surface area contributed by atoms with Crippen LogP contribution in [0.4, 0.5) is 0 Å². The average Bonchev–Trinajstić information content (AvgIpc) is 2.86. The maximum atomic E-state index is 8.99. The van der Waals surface area contributed by atoms with Gasteiger partial charge in [0.2, 0.25) is 0 Å². The highest BCUT2D eigenvalue weighted by molar-refractivity contribution is 5.32. The Labute approximate surface area is 103 Å². The van der Waals surface area contributed by atoms with Gasteiger partial charge in [0, 0.05) is 12.1 Å². The van der Waals surface area contributed by atoms with E-state index in [0.717, 1.165) is 18.6 Å². The fourth-order valence-electron chi connectivity index (χ4n) is 2.75. The highest BCUT2D eigenvalue weighted by atomic mass is 16.5. The lowest BCUT2D eigenvalue weighted by Crippen LogP contribution is -2.41. The zero-order valence-electron chi connectivity index (χ0n) is 10.4. The molecule has 1 aromatic rings. The third kappa shape index (κ3) is 2.61. The molecule has 0 unspecified atom stereocenters. The zero-order chi connectivity index (χ0) is 12.1. The third-order valence-electron chi connectivity index (χ3n) is 3.67. The van der Waals surface area contributed by atoms with Crippen LogP contribution < -0.4 is 10.1 Å². The first kappa shape index (κ1) is 12.4. The molecule has 0 heterocycles. The summed E-state index contributed by atoms with van der Waals surface area (Å²) in [6.45, 7) is 0.851. The Hall–Kier alpha value is -1.06. The molecule has 1 aliphatic carbocycles. The standard InChI is InChI=1S/C14H21NO2/c1-17-13-6-4-12(5-7-13)14(15-10-11-16)8-2-3-9-14/h4-7,15-16H,2-3,8-11H2,1H3. The van der Waals surface area contributed by atoms with E-state index in [1.807, 2.05) is 12.1 Å². The van der Waals surface area contributed by atoms with Gasteiger partial charge in [0.1, 0.15) is 5.75 Å². The van der Waals surface area contributed by atoms with Gasteiger partial charge in [0.05, 0.1) is 13.7 Å². The van der Waals surface area contributed by atoms with E-state index in [-0.39, 0.29) is 12.1 Å². The number of methoxy groups -OCH3 is 1. The second kappa shape index (κ2) is 5.52. The highest BCUT2D eigenvalue weighted by Gasteiger charge is 2.34. The van der Waals surface area contributed by atoms with E-state index < -0.39 is 0 Å². The lowest BCUT2D eigenvalue weighted by Gasteiger charge is -2.31. The van der Waals surface area contributed by atoms with Crippen molar-refractivity contribution < 1.29 is 9.84 Å². The van der Waals surface area contributed by atoms with Crippen molar-refractivity contribution in [1.29, 1.82) is 0 Å². The Balaban J connectivity index is 2.19. The smallest absolute Gasteiger partial charge is 0.118 e. The fourth-order valence-corrected chi connectivity index (χ4v) is 2.75. The van der Waals surface area contributed by atoms with E-state index in [9.17, 15) is 0 Å². The first-order valence-electron chi connectivity index (χ1n) is 6.31. The Kier molecular flexibility index (Phi) is 4.02. The number of ether oxygens (including phenoxy) is 1. The minimum absolute atomic E-state index is 0.0645. The molecule has 3 nitrogen and oxygen atoms in total. The first-order valence-corrected chi connectivity index (χ1v) is 6.31. The first-order chi connectivity index (χ1) is 8.30. The van der Waals surface area contributed by atoms with Crippen molar-refractivity contribution >= 4 is 0 Å². The molecule has 3 heteroatoms. The molecule has 1 aromatic carbocycles. The van der Waals surface area contributed by atoms with E-state index >= 15 is 0 Å². The molecule has 17 heavy (non-hydrogen) atoms. The van der Waals surface area contributed by atoms with Crippen LogP contribution in [0.5, 0.6) is 5.75 Å². The molecular weight excluding hydrogens is 214 g/mol. The van der Waals surface area contributed by atoms with E-state index in [0.29, 0.717) is 6.54 Å². The average molecular weight is 235 g/mol. The molecule has 94 valence electrons. The van der Waals surface area contributed by atoms with Crippen molar-refractivity contribution in [3.05, 3.63) is 29.8 Å². The topological polar surface area (TPSA) is 41.5 Å². The van der Waals surface area contributed by atoms with Gasteiger partial charge in [-0.15, -0.1) is 0 Å². The monoisotopic (exact) mass is 235 g/mol. The van der Waals surface area contributed by atoms with Gasteiger partial charge in [-0.2, -0.15) is 0 Å². The number of hydrogen-bond acceptors (Lipinski definition) is 3. The molecule has 1 aliphatic rings. The second-order valence-corrected chi connectivity index (χ2v) is 4.67. The molecule has 2 N–H and O–H groups in total. The van der Waals surface area contributed by atoms with Crippen LogP contribution in [0.15, 0.2) is 24.3 Å². The summed E-state index contributed by atoms with van der Waals surface area (Å²) in [5.41, 5.74) is 1.37. The SMILES string of the molecule is COc1ccc(C2(NCCO)CCCC2)cc1. The Bertz CT molecular complexity index is 342. The fraction of sp³-hybridized carbons (Fsp3) is 0.571. The van der Waals surface area contributed by atoms with Crippen LogP contribution in [0.2, 0.25) is 0 Å². The van der Waals surface area contributed by atoms with Gasteiger partial charge in [-0.3, -0.25) is 0 Å². The maximum Gasteiger partial charge on any atom is 0.118 e. The van der Waals surface area contributed by atoms with Gasteiger partial charge in [0.25, 0.3) is 0 Å². The van der Waals surface area contributed by atoms with Gasteiger partial charge in [-0.05, 0) is 30.5 Å². The van der Waals surface area contributed by atoms with E-state index in [1.54, 1.807) is 7.11 Å². The van der Waals surface area contributed by atoms with Gasteiger partial charge in [-0.25, -0.2) is 0 Å². The minimum atomic E-state index is 0.0645. The molecule has 0 radical (unpaired) electrons. The number of rotatable bonds is 5. The predicted molar refractivity (Wildman–Crippen MR) is 68.2 cm³/mol. The van der Waals surface area contributed by atoms with Crippen molar-refractivity contribution in [1.82, 2.24) is 5.32 Å². The second-order valence-electron chi connectivity index (χ2n) is 4.67. The molecule has 0 atom stereocenters. The predicted octanol–water partition coefficient (Wildman–Crippen LogP) is 2.05. The summed E-state index contributed by atoms with van der Waals surface area (Å²) in [5.74, 6) is 0.893. The molecule has 0 aromatic heterocycles. The van der Waals surface area contributed by atoms with E-state index in [4.69, 9.17) is 9.84 Å². The molecule has 0 amide bonds. The van der Waals surface area contributed by atoms with Crippen molar-refractivity contribution in [3.8, 4) is 5.75 Å². The quantitative estimate of drug-likeness (QED) is 0.820. The number of hydrogen-bond donors (Lipinski definition) is 2. The summed E-state index contributed by atoms with van der Waals surface area (Å²) in [6, 6.07) is 8.29. The number of nitrogens with one attached hydrogen (secondary N) is 1. The third-order valence-corrected chi connectivity index (χ3v) is 3.67. The number of aliphatic hydroxyl groups is 1. The van der Waals surface area contributed by atoms with Crippen LogP contribution in [-0.2, 0) is 5.54 Å². The van der Waals surface area contributed by atoms with Crippen LogP contribution in [-0.4, -0.2) is 25.4 Å². The summed E-state index contributed by atoms with van der Waals surface area (Å²) in [7, 11) is 1.68. The Morgan fingerprint density at radius 1 is 1.24 bits per heavy atom. The van der Waals surface area contributed by atoms with Crippen molar-refractivity contribution in [2.75, 3.05) is 20.3 Å². The number of aliphatic hydroxyl groups excluding tert-OH is 1. The van der Waals surface area contributed by atoms with Gasteiger partial charge in [0.15, 0.2) is 0 Å². The van der Waals surface area contributed by atoms with Crippen LogP contribution in [0.3, 0.4) is 0 Å². The Morgan fingerprint density at radius 2 is 1.88 bits per heavy atom. The van der Waals surface area contributed by atoms with Crippen molar-refractivity contribution in [2.24, 2.45) is 0 Å². The minimum Gasteiger partial charge on any atom is -0.497 e. The lowest BCUT2D eigenvalue weighted by molar-refractivity contribution is 0.252. The van der Waals surface area contributed by atoms with Gasteiger partial charge >= 0.3 is 0 Å². The molecular formula is C14H21NO2.